The highest BCUT2D eigenvalue weighted by Crippen LogP contribution is 2.25. The van der Waals surface area contributed by atoms with Crippen molar-refractivity contribution >= 4 is 15.9 Å². The van der Waals surface area contributed by atoms with E-state index in [4.69, 9.17) is 4.74 Å². The molecule has 0 aliphatic carbocycles. The summed E-state index contributed by atoms with van der Waals surface area (Å²) in [5.41, 5.74) is 1.29. The minimum atomic E-state index is -3.47. The van der Waals surface area contributed by atoms with Crippen molar-refractivity contribution in [2.24, 2.45) is 0 Å². The molecule has 27 heavy (non-hydrogen) atoms. The first-order valence-corrected chi connectivity index (χ1v) is 10.4. The van der Waals surface area contributed by atoms with Crippen molar-refractivity contribution in [3.05, 3.63) is 59.7 Å². The summed E-state index contributed by atoms with van der Waals surface area (Å²) in [6, 6.07) is 13.3. The van der Waals surface area contributed by atoms with Crippen molar-refractivity contribution in [3.63, 3.8) is 0 Å². The van der Waals surface area contributed by atoms with Gasteiger partial charge in [-0.3, -0.25) is 4.79 Å². The van der Waals surface area contributed by atoms with Crippen molar-refractivity contribution in [1.29, 1.82) is 0 Å². The predicted octanol–water partition coefficient (Wildman–Crippen LogP) is 2.97. The van der Waals surface area contributed by atoms with Crippen molar-refractivity contribution in [2.45, 2.75) is 30.7 Å². The SMILES string of the molecule is COc1ccccc1[C@@H](C)NC(=O)c1ccc(S(=O)(=O)N2CCCC2)cc1. The van der Waals surface area contributed by atoms with Crippen LogP contribution in [-0.4, -0.2) is 38.8 Å². The van der Waals surface area contributed by atoms with E-state index in [2.05, 4.69) is 5.32 Å². The first-order chi connectivity index (χ1) is 12.9. The number of carbonyl (C=O) groups is 1. The zero-order chi connectivity index (χ0) is 19.4. The van der Waals surface area contributed by atoms with Crippen LogP contribution < -0.4 is 10.1 Å². The molecule has 3 rings (SSSR count). The summed E-state index contributed by atoms with van der Waals surface area (Å²) in [7, 11) is -1.88. The summed E-state index contributed by atoms with van der Waals surface area (Å²) < 4.78 is 31.9. The third-order valence-corrected chi connectivity index (χ3v) is 6.69. The maximum absolute atomic E-state index is 12.6. The average Bonchev–Trinajstić information content (AvgIpc) is 3.23. The topological polar surface area (TPSA) is 75.7 Å². The van der Waals surface area contributed by atoms with Crippen molar-refractivity contribution in [2.75, 3.05) is 20.2 Å². The summed E-state index contributed by atoms with van der Waals surface area (Å²) in [5.74, 6) is 0.441. The van der Waals surface area contributed by atoms with Gasteiger partial charge in [0.25, 0.3) is 5.91 Å². The fraction of sp³-hybridized carbons (Fsp3) is 0.350. The normalized spacial score (nSPS) is 16.1. The number of hydrogen-bond acceptors (Lipinski definition) is 4. The Labute approximate surface area is 160 Å². The highest BCUT2D eigenvalue weighted by atomic mass is 32.2. The molecule has 1 heterocycles. The van der Waals surface area contributed by atoms with E-state index in [1.807, 2.05) is 31.2 Å². The van der Waals surface area contributed by atoms with Gasteiger partial charge < -0.3 is 10.1 Å². The van der Waals surface area contributed by atoms with Gasteiger partial charge in [-0.15, -0.1) is 0 Å². The molecule has 0 bridgehead atoms. The van der Waals surface area contributed by atoms with E-state index in [9.17, 15) is 13.2 Å². The molecule has 2 aromatic carbocycles. The third-order valence-electron chi connectivity index (χ3n) is 4.77. The van der Waals surface area contributed by atoms with Crippen LogP contribution in [-0.2, 0) is 10.0 Å². The second kappa shape index (κ2) is 8.10. The van der Waals surface area contributed by atoms with Crippen LogP contribution in [0.3, 0.4) is 0 Å². The monoisotopic (exact) mass is 388 g/mol. The van der Waals surface area contributed by atoms with Gasteiger partial charge in [0, 0.05) is 24.2 Å². The summed E-state index contributed by atoms with van der Waals surface area (Å²) in [5, 5.41) is 2.92. The van der Waals surface area contributed by atoms with Crippen molar-refractivity contribution in [1.82, 2.24) is 9.62 Å². The minimum absolute atomic E-state index is 0.221. The van der Waals surface area contributed by atoms with Crippen LogP contribution in [0.25, 0.3) is 0 Å². The lowest BCUT2D eigenvalue weighted by atomic mass is 10.1. The van der Waals surface area contributed by atoms with E-state index in [1.54, 1.807) is 19.2 Å². The summed E-state index contributed by atoms with van der Waals surface area (Å²) in [6.07, 6.45) is 1.78. The molecular formula is C20H24N2O4S. The number of rotatable bonds is 6. The molecule has 2 aromatic rings. The van der Waals surface area contributed by atoms with Crippen LogP contribution in [0.1, 0.15) is 41.7 Å². The maximum atomic E-state index is 12.6. The lowest BCUT2D eigenvalue weighted by Crippen LogP contribution is -2.28. The Morgan fingerprint density at radius 1 is 1.07 bits per heavy atom. The molecule has 1 fully saturated rings. The van der Waals surface area contributed by atoms with Gasteiger partial charge in [0.2, 0.25) is 10.0 Å². The molecule has 0 spiro atoms. The molecule has 1 aliphatic heterocycles. The van der Waals surface area contributed by atoms with Gasteiger partial charge in [-0.2, -0.15) is 4.31 Å². The van der Waals surface area contributed by atoms with Crippen molar-refractivity contribution < 1.29 is 17.9 Å². The molecule has 1 aliphatic rings. The molecule has 1 atom stereocenters. The zero-order valence-corrected chi connectivity index (χ0v) is 16.3. The van der Waals surface area contributed by atoms with Crippen LogP contribution in [0.2, 0.25) is 0 Å². The Kier molecular flexibility index (Phi) is 5.82. The number of para-hydroxylation sites is 1. The molecule has 6 nitrogen and oxygen atoms in total. The first kappa shape index (κ1) is 19.4. The van der Waals surface area contributed by atoms with Gasteiger partial charge >= 0.3 is 0 Å². The van der Waals surface area contributed by atoms with Gasteiger partial charge in [0.05, 0.1) is 18.0 Å². The summed E-state index contributed by atoms with van der Waals surface area (Å²) in [4.78, 5) is 12.8. The van der Waals surface area contributed by atoms with Crippen molar-refractivity contribution in [3.8, 4) is 5.75 Å². The van der Waals surface area contributed by atoms with Crippen LogP contribution in [0.4, 0.5) is 0 Å². The van der Waals surface area contributed by atoms with Gasteiger partial charge in [-0.1, -0.05) is 18.2 Å². The van der Waals surface area contributed by atoms with Crippen LogP contribution in [0.15, 0.2) is 53.4 Å². The maximum Gasteiger partial charge on any atom is 0.251 e. The number of amides is 1. The van der Waals surface area contributed by atoms with Gasteiger partial charge in [-0.25, -0.2) is 8.42 Å². The average molecular weight is 388 g/mol. The van der Waals surface area contributed by atoms with Crippen LogP contribution >= 0.6 is 0 Å². The van der Waals surface area contributed by atoms with Crippen LogP contribution in [0, 0.1) is 0 Å². The van der Waals surface area contributed by atoms with Gasteiger partial charge in [-0.05, 0) is 50.1 Å². The Bertz CT molecular complexity index is 904. The Morgan fingerprint density at radius 2 is 1.70 bits per heavy atom. The third kappa shape index (κ3) is 4.14. The quantitative estimate of drug-likeness (QED) is 0.825. The molecule has 0 aromatic heterocycles. The van der Waals surface area contributed by atoms with E-state index >= 15 is 0 Å². The van der Waals surface area contributed by atoms with Gasteiger partial charge in [0.1, 0.15) is 5.75 Å². The highest BCUT2D eigenvalue weighted by Gasteiger charge is 2.27. The number of methoxy groups -OCH3 is 1. The number of hydrogen-bond donors (Lipinski definition) is 1. The minimum Gasteiger partial charge on any atom is -0.496 e. The van der Waals surface area contributed by atoms with E-state index in [0.29, 0.717) is 24.4 Å². The molecule has 0 saturated carbocycles. The van der Waals surface area contributed by atoms with Crippen LogP contribution in [0.5, 0.6) is 5.75 Å². The largest absolute Gasteiger partial charge is 0.496 e. The van der Waals surface area contributed by atoms with E-state index in [-0.39, 0.29) is 16.8 Å². The molecular weight excluding hydrogens is 364 g/mol. The van der Waals surface area contributed by atoms with Gasteiger partial charge in [0.15, 0.2) is 0 Å². The van der Waals surface area contributed by atoms with E-state index in [0.717, 1.165) is 18.4 Å². The number of benzene rings is 2. The fourth-order valence-electron chi connectivity index (χ4n) is 3.24. The number of sulfonamides is 1. The molecule has 7 heteroatoms. The Balaban J connectivity index is 1.72. The summed E-state index contributed by atoms with van der Waals surface area (Å²) >= 11 is 0. The first-order valence-electron chi connectivity index (χ1n) is 8.97. The second-order valence-electron chi connectivity index (χ2n) is 6.57. The smallest absolute Gasteiger partial charge is 0.251 e. The molecule has 144 valence electrons. The molecule has 1 saturated heterocycles. The predicted molar refractivity (Wildman–Crippen MR) is 103 cm³/mol. The lowest BCUT2D eigenvalue weighted by molar-refractivity contribution is 0.0939. The van der Waals surface area contributed by atoms with E-state index in [1.165, 1.54) is 16.4 Å². The number of ether oxygens (including phenoxy) is 1. The second-order valence-corrected chi connectivity index (χ2v) is 8.51. The molecule has 1 amide bonds. The molecule has 0 radical (unpaired) electrons. The fourth-order valence-corrected chi connectivity index (χ4v) is 4.75. The molecule has 1 N–H and O–H groups in total. The Morgan fingerprint density at radius 3 is 2.33 bits per heavy atom. The number of carbonyl (C=O) groups excluding carboxylic acids is 1. The highest BCUT2D eigenvalue weighted by molar-refractivity contribution is 7.89. The van der Waals surface area contributed by atoms with E-state index < -0.39 is 10.0 Å². The molecule has 0 unspecified atom stereocenters. The number of nitrogens with one attached hydrogen (secondary N) is 1. The standard InChI is InChI=1S/C20H24N2O4S/c1-15(18-7-3-4-8-19(18)26-2)21-20(23)16-9-11-17(12-10-16)27(24,25)22-13-5-6-14-22/h3-4,7-12,15H,5-6,13-14H2,1-2H3,(H,21,23)/t15-/m1/s1. The zero-order valence-electron chi connectivity index (χ0n) is 15.5. The Hall–Kier alpha value is -2.38. The summed E-state index contributed by atoms with van der Waals surface area (Å²) in [6.45, 7) is 2.99. The lowest BCUT2D eigenvalue weighted by Gasteiger charge is -2.18. The number of nitrogens with zero attached hydrogens (tertiary/aromatic N) is 1.